The van der Waals surface area contributed by atoms with E-state index in [1.54, 1.807) is 0 Å². The summed E-state index contributed by atoms with van der Waals surface area (Å²) < 4.78 is 0. The maximum Gasteiger partial charge on any atom is 0.148 e. The lowest BCUT2D eigenvalue weighted by atomic mass is 10.2. The number of benzene rings is 1. The standard InChI is InChI=1S/C15H19N3S/c1-11-15(16-10-12-6-4-5-9-19-12)18-14-8-3-2-7-13(14)17-11/h2-3,7-8,12H,4-6,9-10H2,1H3,(H,16,18). The Balaban J connectivity index is 1.74. The van der Waals surface area contributed by atoms with Crippen molar-refractivity contribution in [3.05, 3.63) is 30.0 Å². The van der Waals surface area contributed by atoms with Crippen LogP contribution in [0.5, 0.6) is 0 Å². The van der Waals surface area contributed by atoms with Gasteiger partial charge in [-0.3, -0.25) is 0 Å². The van der Waals surface area contributed by atoms with Gasteiger partial charge in [-0.15, -0.1) is 0 Å². The molecular weight excluding hydrogens is 254 g/mol. The molecule has 0 saturated carbocycles. The topological polar surface area (TPSA) is 37.8 Å². The zero-order valence-electron chi connectivity index (χ0n) is 11.2. The first-order valence-electron chi connectivity index (χ1n) is 6.92. The molecule has 1 aliphatic rings. The van der Waals surface area contributed by atoms with Crippen molar-refractivity contribution in [1.29, 1.82) is 0 Å². The minimum Gasteiger partial charge on any atom is -0.367 e. The number of hydrogen-bond donors (Lipinski definition) is 1. The number of thioether (sulfide) groups is 1. The largest absolute Gasteiger partial charge is 0.367 e. The van der Waals surface area contributed by atoms with E-state index in [-0.39, 0.29) is 0 Å². The van der Waals surface area contributed by atoms with E-state index in [2.05, 4.69) is 27.0 Å². The number of aromatic nitrogens is 2. The summed E-state index contributed by atoms with van der Waals surface area (Å²) in [4.78, 5) is 9.28. The molecule has 1 aromatic heterocycles. The number of para-hydroxylation sites is 2. The number of aryl methyl sites for hydroxylation is 1. The van der Waals surface area contributed by atoms with Crippen LogP contribution in [0.3, 0.4) is 0 Å². The van der Waals surface area contributed by atoms with Crippen LogP contribution in [-0.2, 0) is 0 Å². The van der Waals surface area contributed by atoms with Crippen LogP contribution in [0.2, 0.25) is 0 Å². The highest BCUT2D eigenvalue weighted by Gasteiger charge is 2.14. The summed E-state index contributed by atoms with van der Waals surface area (Å²) in [6, 6.07) is 8.04. The Morgan fingerprint density at radius 3 is 2.74 bits per heavy atom. The maximum atomic E-state index is 4.68. The molecule has 1 aliphatic heterocycles. The molecule has 1 aromatic carbocycles. The van der Waals surface area contributed by atoms with Crippen LogP contribution in [0.1, 0.15) is 25.0 Å². The minimum absolute atomic E-state index is 0.724. The minimum atomic E-state index is 0.724. The highest BCUT2D eigenvalue weighted by molar-refractivity contribution is 7.99. The molecule has 0 bridgehead atoms. The normalized spacial score (nSPS) is 19.5. The van der Waals surface area contributed by atoms with Crippen molar-refractivity contribution in [3.63, 3.8) is 0 Å². The highest BCUT2D eigenvalue weighted by Crippen LogP contribution is 2.25. The summed E-state index contributed by atoms with van der Waals surface area (Å²) in [5, 5.41) is 4.20. The number of fused-ring (bicyclic) bond motifs is 1. The molecule has 19 heavy (non-hydrogen) atoms. The summed E-state index contributed by atoms with van der Waals surface area (Å²) in [6.45, 7) is 3.02. The zero-order valence-corrected chi connectivity index (χ0v) is 12.0. The number of hydrogen-bond acceptors (Lipinski definition) is 4. The molecule has 1 fully saturated rings. The summed E-state index contributed by atoms with van der Waals surface area (Å²) in [5.41, 5.74) is 2.92. The van der Waals surface area contributed by atoms with Crippen molar-refractivity contribution in [2.45, 2.75) is 31.4 Å². The number of rotatable bonds is 3. The van der Waals surface area contributed by atoms with Crippen molar-refractivity contribution >= 4 is 28.6 Å². The summed E-state index contributed by atoms with van der Waals surface area (Å²) in [6.07, 6.45) is 4.05. The first kappa shape index (κ1) is 12.7. The van der Waals surface area contributed by atoms with E-state index in [1.165, 1.54) is 25.0 Å². The van der Waals surface area contributed by atoms with Crippen LogP contribution in [0.25, 0.3) is 11.0 Å². The molecule has 2 heterocycles. The first-order valence-corrected chi connectivity index (χ1v) is 7.96. The second kappa shape index (κ2) is 5.78. The monoisotopic (exact) mass is 273 g/mol. The van der Waals surface area contributed by atoms with Crippen LogP contribution in [0.4, 0.5) is 5.82 Å². The molecule has 2 aromatic rings. The molecule has 0 spiro atoms. The molecule has 1 N–H and O–H groups in total. The fourth-order valence-corrected chi connectivity index (χ4v) is 3.67. The van der Waals surface area contributed by atoms with E-state index >= 15 is 0 Å². The fraction of sp³-hybridized carbons (Fsp3) is 0.467. The number of nitrogens with one attached hydrogen (secondary N) is 1. The van der Waals surface area contributed by atoms with E-state index < -0.39 is 0 Å². The second-order valence-corrected chi connectivity index (χ2v) is 6.42. The van der Waals surface area contributed by atoms with Crippen molar-refractivity contribution < 1.29 is 0 Å². The van der Waals surface area contributed by atoms with Crippen LogP contribution in [0, 0.1) is 6.92 Å². The summed E-state index contributed by atoms with van der Waals surface area (Å²) in [5.74, 6) is 2.24. The van der Waals surface area contributed by atoms with Gasteiger partial charge in [-0.2, -0.15) is 11.8 Å². The molecule has 100 valence electrons. The smallest absolute Gasteiger partial charge is 0.148 e. The van der Waals surface area contributed by atoms with Crippen LogP contribution >= 0.6 is 11.8 Å². The van der Waals surface area contributed by atoms with E-state index in [9.17, 15) is 0 Å². The lowest BCUT2D eigenvalue weighted by molar-refractivity contribution is 0.677. The number of nitrogens with zero attached hydrogens (tertiary/aromatic N) is 2. The van der Waals surface area contributed by atoms with Gasteiger partial charge in [0.25, 0.3) is 0 Å². The Hall–Kier alpha value is -1.29. The lowest BCUT2D eigenvalue weighted by Crippen LogP contribution is -2.21. The third-order valence-corrected chi connectivity index (χ3v) is 4.91. The molecule has 3 nitrogen and oxygen atoms in total. The van der Waals surface area contributed by atoms with E-state index in [0.717, 1.165) is 34.3 Å². The van der Waals surface area contributed by atoms with E-state index in [1.807, 2.05) is 31.2 Å². The quantitative estimate of drug-likeness (QED) is 0.926. The van der Waals surface area contributed by atoms with Gasteiger partial charge in [0.1, 0.15) is 5.82 Å². The molecule has 3 rings (SSSR count). The van der Waals surface area contributed by atoms with Gasteiger partial charge in [-0.05, 0) is 37.7 Å². The third-order valence-electron chi connectivity index (χ3n) is 3.52. The van der Waals surface area contributed by atoms with Crippen molar-refractivity contribution in [2.24, 2.45) is 0 Å². The Bertz CT molecular complexity index is 564. The predicted octanol–water partition coefficient (Wildman–Crippen LogP) is 3.64. The molecule has 1 saturated heterocycles. The molecule has 0 aliphatic carbocycles. The van der Waals surface area contributed by atoms with E-state index in [0.29, 0.717) is 0 Å². The second-order valence-electron chi connectivity index (χ2n) is 5.02. The molecule has 0 amide bonds. The average molecular weight is 273 g/mol. The van der Waals surface area contributed by atoms with Crippen LogP contribution < -0.4 is 5.32 Å². The van der Waals surface area contributed by atoms with Gasteiger partial charge >= 0.3 is 0 Å². The average Bonchev–Trinajstić information content (AvgIpc) is 2.46. The molecule has 1 unspecified atom stereocenters. The number of anilines is 1. The predicted molar refractivity (Wildman–Crippen MR) is 82.9 cm³/mol. The fourth-order valence-electron chi connectivity index (χ4n) is 2.43. The van der Waals surface area contributed by atoms with Gasteiger partial charge in [0.2, 0.25) is 0 Å². The van der Waals surface area contributed by atoms with Gasteiger partial charge in [-0.25, -0.2) is 9.97 Å². The first-order chi connectivity index (χ1) is 9.33. The van der Waals surface area contributed by atoms with Gasteiger partial charge in [0.15, 0.2) is 0 Å². The zero-order chi connectivity index (χ0) is 13.1. The maximum absolute atomic E-state index is 4.68. The SMILES string of the molecule is Cc1nc2ccccc2nc1NCC1CCCCS1. The Kier molecular flexibility index (Phi) is 3.87. The Labute approximate surface area is 118 Å². The molecular formula is C15H19N3S. The van der Waals surface area contributed by atoms with E-state index in [4.69, 9.17) is 0 Å². The van der Waals surface area contributed by atoms with Crippen LogP contribution in [-0.4, -0.2) is 27.5 Å². The van der Waals surface area contributed by atoms with Crippen molar-refractivity contribution in [1.82, 2.24) is 9.97 Å². The molecule has 4 heteroatoms. The Morgan fingerprint density at radius 1 is 1.21 bits per heavy atom. The van der Waals surface area contributed by atoms with Gasteiger partial charge in [0, 0.05) is 11.8 Å². The van der Waals surface area contributed by atoms with Gasteiger partial charge < -0.3 is 5.32 Å². The van der Waals surface area contributed by atoms with Crippen LogP contribution in [0.15, 0.2) is 24.3 Å². The Morgan fingerprint density at radius 2 is 2.00 bits per heavy atom. The summed E-state index contributed by atoms with van der Waals surface area (Å²) >= 11 is 2.08. The summed E-state index contributed by atoms with van der Waals surface area (Å²) in [7, 11) is 0. The highest BCUT2D eigenvalue weighted by atomic mass is 32.2. The van der Waals surface area contributed by atoms with Gasteiger partial charge in [0.05, 0.1) is 16.7 Å². The molecule has 0 radical (unpaired) electrons. The lowest BCUT2D eigenvalue weighted by Gasteiger charge is -2.22. The third kappa shape index (κ3) is 3.00. The van der Waals surface area contributed by atoms with Crippen molar-refractivity contribution in [2.75, 3.05) is 17.6 Å². The molecule has 1 atom stereocenters. The van der Waals surface area contributed by atoms with Crippen molar-refractivity contribution in [3.8, 4) is 0 Å². The van der Waals surface area contributed by atoms with Gasteiger partial charge in [-0.1, -0.05) is 18.6 Å².